The molecule has 25 heavy (non-hydrogen) atoms. The van der Waals surface area contributed by atoms with Crippen molar-refractivity contribution in [3.05, 3.63) is 58.4 Å². The van der Waals surface area contributed by atoms with E-state index in [-0.39, 0.29) is 11.2 Å². The molecule has 0 spiro atoms. The first-order valence-corrected chi connectivity index (χ1v) is 8.67. The number of ether oxygens (including phenoxy) is 1. The zero-order chi connectivity index (χ0) is 18.4. The highest BCUT2D eigenvalue weighted by Gasteiger charge is 2.47. The number of esters is 1. The van der Waals surface area contributed by atoms with E-state index in [9.17, 15) is 9.59 Å². The smallest absolute Gasteiger partial charge is 0.315 e. The van der Waals surface area contributed by atoms with Gasteiger partial charge in [0.15, 0.2) is 5.78 Å². The lowest BCUT2D eigenvalue weighted by Gasteiger charge is -2.42. The lowest BCUT2D eigenvalue weighted by molar-refractivity contribution is -0.144. The normalized spacial score (nSPS) is 25.3. The standard InChI is InChI=1S/C20H22ClNO3/c1-11-16(19(24)25-4)17(12-7-5-6-8-13(12)21)18-14(22-11)9-20(2,3)10-15(18)23/h5-8,16-17,22H,1,9-10H2,2-4H3. The molecule has 0 radical (unpaired) electrons. The van der Waals surface area contributed by atoms with E-state index >= 15 is 0 Å². The number of rotatable bonds is 2. The summed E-state index contributed by atoms with van der Waals surface area (Å²) in [7, 11) is 1.34. The zero-order valence-corrected chi connectivity index (χ0v) is 15.4. The van der Waals surface area contributed by atoms with E-state index in [1.54, 1.807) is 6.07 Å². The van der Waals surface area contributed by atoms with Crippen molar-refractivity contribution >= 4 is 23.4 Å². The minimum atomic E-state index is -0.686. The summed E-state index contributed by atoms with van der Waals surface area (Å²) in [5, 5.41) is 3.74. The lowest BCUT2D eigenvalue weighted by atomic mass is 9.66. The topological polar surface area (TPSA) is 55.4 Å². The second kappa shape index (κ2) is 6.34. The molecular formula is C20H22ClNO3. The van der Waals surface area contributed by atoms with E-state index < -0.39 is 17.8 Å². The van der Waals surface area contributed by atoms with Gasteiger partial charge < -0.3 is 10.1 Å². The molecule has 0 bridgehead atoms. The first-order chi connectivity index (χ1) is 11.7. The largest absolute Gasteiger partial charge is 0.468 e. The van der Waals surface area contributed by atoms with Crippen molar-refractivity contribution in [3.8, 4) is 0 Å². The summed E-state index contributed by atoms with van der Waals surface area (Å²) < 4.78 is 4.99. The van der Waals surface area contributed by atoms with Crippen molar-refractivity contribution in [3.63, 3.8) is 0 Å². The van der Waals surface area contributed by atoms with Gasteiger partial charge in [0.1, 0.15) is 5.92 Å². The van der Waals surface area contributed by atoms with Crippen molar-refractivity contribution < 1.29 is 14.3 Å². The van der Waals surface area contributed by atoms with E-state index in [1.807, 2.05) is 18.2 Å². The molecule has 1 N–H and O–H groups in total. The van der Waals surface area contributed by atoms with Gasteiger partial charge in [0.05, 0.1) is 7.11 Å². The molecule has 2 aliphatic rings. The van der Waals surface area contributed by atoms with Gasteiger partial charge in [0, 0.05) is 34.3 Å². The molecule has 4 nitrogen and oxygen atoms in total. The maximum absolute atomic E-state index is 13.0. The Morgan fingerprint density at radius 2 is 2.00 bits per heavy atom. The number of hydrogen-bond acceptors (Lipinski definition) is 4. The maximum atomic E-state index is 13.0. The Bertz CT molecular complexity index is 794. The van der Waals surface area contributed by atoms with Gasteiger partial charge in [-0.1, -0.05) is 50.2 Å². The van der Waals surface area contributed by atoms with Gasteiger partial charge in [-0.25, -0.2) is 0 Å². The Labute approximate surface area is 152 Å². The second-order valence-electron chi connectivity index (χ2n) is 7.48. The average molecular weight is 360 g/mol. The molecular weight excluding hydrogens is 338 g/mol. The molecule has 2 unspecified atom stereocenters. The summed E-state index contributed by atoms with van der Waals surface area (Å²) in [6.45, 7) is 8.16. The molecule has 1 aliphatic carbocycles. The van der Waals surface area contributed by atoms with Crippen molar-refractivity contribution in [2.45, 2.75) is 32.6 Å². The third kappa shape index (κ3) is 3.11. The fourth-order valence-corrected chi connectivity index (χ4v) is 4.17. The van der Waals surface area contributed by atoms with Gasteiger partial charge in [-0.3, -0.25) is 9.59 Å². The SMILES string of the molecule is C=C1NC2=C(C(=O)CC(C)(C)C2)C(c2ccccc2Cl)C1C(=O)OC. The summed E-state index contributed by atoms with van der Waals surface area (Å²) in [5.74, 6) is -1.54. The molecule has 0 fully saturated rings. The number of Topliss-reactive ketones (excluding diaryl/α,β-unsaturated/α-hetero) is 1. The number of hydrogen-bond donors (Lipinski definition) is 1. The third-order valence-corrected chi connectivity index (χ3v) is 5.29. The number of carbonyl (C=O) groups is 2. The number of benzene rings is 1. The lowest BCUT2D eigenvalue weighted by Crippen LogP contribution is -2.43. The Balaban J connectivity index is 2.22. The van der Waals surface area contributed by atoms with Crippen LogP contribution in [0.15, 0.2) is 47.8 Å². The van der Waals surface area contributed by atoms with E-state index in [4.69, 9.17) is 16.3 Å². The van der Waals surface area contributed by atoms with Crippen LogP contribution in [-0.2, 0) is 14.3 Å². The molecule has 0 saturated heterocycles. The average Bonchev–Trinajstić information content (AvgIpc) is 2.52. The van der Waals surface area contributed by atoms with Crippen LogP contribution in [0.3, 0.4) is 0 Å². The summed E-state index contributed by atoms with van der Waals surface area (Å²) >= 11 is 6.42. The van der Waals surface area contributed by atoms with Crippen LogP contribution in [0.5, 0.6) is 0 Å². The number of methoxy groups -OCH3 is 1. The Hall–Kier alpha value is -2.07. The Morgan fingerprint density at radius 3 is 2.64 bits per heavy atom. The number of halogens is 1. The van der Waals surface area contributed by atoms with Gasteiger partial charge in [-0.2, -0.15) is 0 Å². The van der Waals surface area contributed by atoms with Crippen LogP contribution in [0.2, 0.25) is 5.02 Å². The molecule has 1 aromatic carbocycles. The van der Waals surface area contributed by atoms with Gasteiger partial charge in [0.2, 0.25) is 0 Å². The van der Waals surface area contributed by atoms with Crippen molar-refractivity contribution in [1.82, 2.24) is 5.32 Å². The number of carbonyl (C=O) groups excluding carboxylic acids is 2. The quantitative estimate of drug-likeness (QED) is 0.812. The van der Waals surface area contributed by atoms with Crippen LogP contribution in [0.25, 0.3) is 0 Å². The molecule has 1 aromatic rings. The van der Waals surface area contributed by atoms with Crippen molar-refractivity contribution in [2.75, 3.05) is 7.11 Å². The summed E-state index contributed by atoms with van der Waals surface area (Å²) in [5.41, 5.74) is 2.64. The first-order valence-electron chi connectivity index (χ1n) is 8.29. The summed E-state index contributed by atoms with van der Waals surface area (Å²) in [6, 6.07) is 7.32. The maximum Gasteiger partial charge on any atom is 0.315 e. The van der Waals surface area contributed by atoms with Crippen LogP contribution in [0.4, 0.5) is 0 Å². The van der Waals surface area contributed by atoms with Crippen molar-refractivity contribution in [1.29, 1.82) is 0 Å². The summed E-state index contributed by atoms with van der Waals surface area (Å²) in [4.78, 5) is 25.5. The first kappa shape index (κ1) is 17.7. The second-order valence-corrected chi connectivity index (χ2v) is 7.89. The van der Waals surface area contributed by atoms with Crippen LogP contribution >= 0.6 is 11.6 Å². The van der Waals surface area contributed by atoms with Crippen LogP contribution in [0.1, 0.15) is 38.2 Å². The van der Waals surface area contributed by atoms with Gasteiger partial charge in [-0.05, 0) is 23.5 Å². The van der Waals surface area contributed by atoms with Gasteiger partial charge >= 0.3 is 5.97 Å². The highest BCUT2D eigenvalue weighted by Crippen LogP contribution is 2.49. The molecule has 2 atom stereocenters. The van der Waals surface area contributed by atoms with Gasteiger partial charge in [-0.15, -0.1) is 0 Å². The monoisotopic (exact) mass is 359 g/mol. The van der Waals surface area contributed by atoms with E-state index in [0.717, 1.165) is 17.7 Å². The third-order valence-electron chi connectivity index (χ3n) is 4.95. The highest BCUT2D eigenvalue weighted by atomic mass is 35.5. The molecule has 0 aromatic heterocycles. The highest BCUT2D eigenvalue weighted by molar-refractivity contribution is 6.31. The molecule has 3 rings (SSSR count). The molecule has 5 heteroatoms. The van der Waals surface area contributed by atoms with E-state index in [2.05, 4.69) is 25.7 Å². The molecule has 1 heterocycles. The van der Waals surface area contributed by atoms with E-state index in [1.165, 1.54) is 7.11 Å². The predicted molar refractivity (Wildman–Crippen MR) is 97.0 cm³/mol. The fraction of sp³-hybridized carbons (Fsp3) is 0.400. The minimum absolute atomic E-state index is 0.0464. The molecule has 1 aliphatic heterocycles. The molecule has 0 amide bonds. The molecule has 132 valence electrons. The fourth-order valence-electron chi connectivity index (χ4n) is 3.91. The number of ketones is 1. The number of nitrogens with one attached hydrogen (secondary N) is 1. The van der Waals surface area contributed by atoms with Gasteiger partial charge in [0.25, 0.3) is 0 Å². The van der Waals surface area contributed by atoms with Crippen molar-refractivity contribution in [2.24, 2.45) is 11.3 Å². The van der Waals surface area contributed by atoms with Crippen LogP contribution < -0.4 is 5.32 Å². The predicted octanol–water partition coefficient (Wildman–Crippen LogP) is 3.97. The Kier molecular flexibility index (Phi) is 4.50. The minimum Gasteiger partial charge on any atom is -0.468 e. The van der Waals surface area contributed by atoms with Crippen LogP contribution in [-0.4, -0.2) is 18.9 Å². The molecule has 0 saturated carbocycles. The number of allylic oxidation sites excluding steroid dienone is 2. The van der Waals surface area contributed by atoms with Crippen LogP contribution in [0, 0.1) is 11.3 Å². The summed E-state index contributed by atoms with van der Waals surface area (Å²) in [6.07, 6.45) is 1.16. The van der Waals surface area contributed by atoms with E-state index in [0.29, 0.717) is 22.7 Å². The zero-order valence-electron chi connectivity index (χ0n) is 14.7. The Morgan fingerprint density at radius 1 is 1.32 bits per heavy atom.